The number of allylic oxidation sites excluding steroid dienone is 5. The van der Waals surface area contributed by atoms with Crippen LogP contribution in [0.25, 0.3) is 0 Å². The predicted molar refractivity (Wildman–Crippen MR) is 48.6 cm³/mol. The molecule has 0 amide bonds. The van der Waals surface area contributed by atoms with Crippen molar-refractivity contribution in [1.82, 2.24) is 0 Å². The van der Waals surface area contributed by atoms with Crippen LogP contribution in [0.5, 0.6) is 0 Å². The molecule has 0 heterocycles. The van der Waals surface area contributed by atoms with Crippen LogP contribution in [0.15, 0.2) is 35.1 Å². The Hall–Kier alpha value is 0.423. The molecule has 0 radical (unpaired) electrons. The number of halogens is 2. The first-order chi connectivity index (χ1) is 5.17. The summed E-state index contributed by atoms with van der Waals surface area (Å²) >= 11 is -2.46. The minimum atomic E-state index is -2.46. The molecule has 64 valence electrons. The molecule has 11 heavy (non-hydrogen) atoms. The van der Waals surface area contributed by atoms with Gasteiger partial charge in [0.2, 0.25) is 0 Å². The van der Waals surface area contributed by atoms with Gasteiger partial charge in [-0.3, -0.25) is 0 Å². The van der Waals surface area contributed by atoms with Gasteiger partial charge in [0.05, 0.1) is 0 Å². The monoisotopic (exact) mass is 278 g/mol. The molecule has 0 aromatic carbocycles. The predicted octanol–water partition coefficient (Wildman–Crippen LogP) is 3.90. The van der Waals surface area contributed by atoms with Crippen LogP contribution in [0.1, 0.15) is 6.42 Å². The van der Waals surface area contributed by atoms with Crippen LogP contribution < -0.4 is 0 Å². The van der Waals surface area contributed by atoms with Crippen LogP contribution in [-0.4, -0.2) is 0 Å². The van der Waals surface area contributed by atoms with E-state index < -0.39 is 12.8 Å². The van der Waals surface area contributed by atoms with Crippen molar-refractivity contribution in [2.24, 2.45) is 0 Å². The van der Waals surface area contributed by atoms with Gasteiger partial charge in [0.1, 0.15) is 0 Å². The van der Waals surface area contributed by atoms with Crippen LogP contribution >= 0.6 is 19.4 Å². The normalized spacial score (nSPS) is 18.2. The van der Waals surface area contributed by atoms with Gasteiger partial charge in [0.25, 0.3) is 0 Å². The molecule has 1 aliphatic rings. The fourth-order valence-corrected chi connectivity index (χ4v) is 5.31. The molecule has 1 rings (SSSR count). The summed E-state index contributed by atoms with van der Waals surface area (Å²) in [6.45, 7) is 3.64. The molecule has 0 unspecified atom stereocenters. The summed E-state index contributed by atoms with van der Waals surface area (Å²) in [4.78, 5) is 0. The van der Waals surface area contributed by atoms with Crippen molar-refractivity contribution in [1.29, 1.82) is 0 Å². The summed E-state index contributed by atoms with van der Waals surface area (Å²) < 4.78 is 1.23. The quantitative estimate of drug-likeness (QED) is 0.542. The molecule has 0 fully saturated rings. The summed E-state index contributed by atoms with van der Waals surface area (Å²) in [5, 5.41) is 0.771. The van der Waals surface area contributed by atoms with E-state index in [0.717, 1.165) is 11.4 Å². The zero-order chi connectivity index (χ0) is 8.32. The minimum absolute atomic E-state index is 0.771. The molecule has 0 nitrogen and oxygen atoms in total. The summed E-state index contributed by atoms with van der Waals surface area (Å²) in [6, 6.07) is 0. The molecule has 0 saturated carbocycles. The van der Waals surface area contributed by atoms with E-state index in [9.17, 15) is 0 Å². The van der Waals surface area contributed by atoms with Gasteiger partial charge in [0, 0.05) is 0 Å². The fourth-order valence-electron chi connectivity index (χ4n) is 0.829. The number of rotatable bonds is 3. The van der Waals surface area contributed by atoms with Gasteiger partial charge in [-0.25, -0.2) is 0 Å². The second-order valence-electron chi connectivity index (χ2n) is 2.16. The molecule has 1 aliphatic carbocycles. The molecule has 0 aromatic heterocycles. The molecule has 0 N–H and O–H groups in total. The molecule has 0 aromatic rings. The van der Waals surface area contributed by atoms with E-state index in [0.29, 0.717) is 0 Å². The molecule has 0 aliphatic heterocycles. The van der Waals surface area contributed by atoms with Gasteiger partial charge in [-0.05, 0) is 0 Å². The maximum absolute atomic E-state index is 6.20. The first-order valence-corrected chi connectivity index (χ1v) is 9.80. The van der Waals surface area contributed by atoms with Crippen molar-refractivity contribution in [3.8, 4) is 0 Å². The van der Waals surface area contributed by atoms with E-state index in [4.69, 9.17) is 19.4 Å². The summed E-state index contributed by atoms with van der Waals surface area (Å²) in [7, 11) is 12.4. The van der Waals surface area contributed by atoms with Crippen molar-refractivity contribution in [3.05, 3.63) is 35.1 Å². The van der Waals surface area contributed by atoms with Crippen molar-refractivity contribution in [2.75, 3.05) is 0 Å². The van der Waals surface area contributed by atoms with Crippen LogP contribution in [0, 0.1) is 0 Å². The Kier molecular flexibility index (Phi) is 3.36. The molecule has 0 spiro atoms. The third-order valence-corrected chi connectivity index (χ3v) is 8.32. The van der Waals surface area contributed by atoms with Gasteiger partial charge < -0.3 is 0 Å². The summed E-state index contributed by atoms with van der Waals surface area (Å²) in [6.07, 6.45) is 8.88. The number of hydrogen-bond donors (Lipinski definition) is 0. The Morgan fingerprint density at radius 2 is 2.36 bits per heavy atom. The van der Waals surface area contributed by atoms with E-state index in [1.807, 2.05) is 18.2 Å². The second-order valence-corrected chi connectivity index (χ2v) is 12.6. The van der Waals surface area contributed by atoms with Gasteiger partial charge in [-0.15, -0.1) is 0 Å². The van der Waals surface area contributed by atoms with Crippen molar-refractivity contribution in [3.63, 3.8) is 0 Å². The zero-order valence-corrected chi connectivity index (χ0v) is 9.29. The Morgan fingerprint density at radius 3 is 2.82 bits per heavy atom. The van der Waals surface area contributed by atoms with Crippen LogP contribution in [0.3, 0.4) is 0 Å². The van der Waals surface area contributed by atoms with E-state index >= 15 is 0 Å². The third kappa shape index (κ3) is 2.44. The molecule has 0 bridgehead atoms. The first-order valence-electron chi connectivity index (χ1n) is 3.23. The molecule has 0 atom stereocenters. The molecular weight excluding hydrogens is 268 g/mol. The van der Waals surface area contributed by atoms with E-state index in [1.165, 1.54) is 4.17 Å². The third-order valence-electron chi connectivity index (χ3n) is 1.33. The Bertz CT molecular complexity index is 216. The molecule has 3 heteroatoms. The Labute approximate surface area is 78.5 Å². The van der Waals surface area contributed by atoms with E-state index in [1.54, 1.807) is 0 Å². The average molecular weight is 278 g/mol. The maximum atomic E-state index is 6.20. The second kappa shape index (κ2) is 3.89. The van der Waals surface area contributed by atoms with E-state index in [2.05, 4.69) is 12.7 Å². The van der Waals surface area contributed by atoms with Crippen LogP contribution in [0.4, 0.5) is 0 Å². The van der Waals surface area contributed by atoms with Gasteiger partial charge >= 0.3 is 78.7 Å². The fraction of sp³-hybridized carbons (Fsp3) is 0.250. The number of hydrogen-bond acceptors (Lipinski definition) is 0. The van der Waals surface area contributed by atoms with Crippen molar-refractivity contribution >= 4 is 19.4 Å². The standard InChI is InChI=1S/C5H5.C3H5.2ClH.Ru/c1-2-4-5-3-1;1-3-2;;;/h1-3H,4H2;3H,1-2H2;2*1H;/q;;;;+2/p-2. The van der Waals surface area contributed by atoms with Crippen molar-refractivity contribution < 1.29 is 12.8 Å². The van der Waals surface area contributed by atoms with Crippen LogP contribution in [0.2, 0.25) is 5.02 Å². The van der Waals surface area contributed by atoms with Gasteiger partial charge in [-0.2, -0.15) is 0 Å². The Balaban J connectivity index is 2.64. The van der Waals surface area contributed by atoms with E-state index in [-0.39, 0.29) is 0 Å². The zero-order valence-electron chi connectivity index (χ0n) is 6.04. The molecular formula is C8H10Cl2Ru. The average Bonchev–Trinajstić information content (AvgIpc) is 2.37. The topological polar surface area (TPSA) is 0 Å². The van der Waals surface area contributed by atoms with Crippen molar-refractivity contribution in [2.45, 2.75) is 11.4 Å². The summed E-state index contributed by atoms with van der Waals surface area (Å²) in [5.74, 6) is 0. The van der Waals surface area contributed by atoms with Gasteiger partial charge in [0.15, 0.2) is 0 Å². The SMILES string of the molecule is C=C[CH2][Ru]([Cl])([Cl])[C]1=CC=CC1. The summed E-state index contributed by atoms with van der Waals surface area (Å²) in [5.41, 5.74) is 0. The van der Waals surface area contributed by atoms with Gasteiger partial charge in [-0.1, -0.05) is 0 Å². The molecule has 0 saturated heterocycles. The van der Waals surface area contributed by atoms with Crippen LogP contribution in [-0.2, 0) is 12.8 Å². The first kappa shape index (κ1) is 9.51. The Morgan fingerprint density at radius 1 is 1.64 bits per heavy atom.